The molecule has 1 aromatic carbocycles. The van der Waals surface area contributed by atoms with Gasteiger partial charge < -0.3 is 0 Å². The lowest BCUT2D eigenvalue weighted by Gasteiger charge is -2.16. The largest absolute Gasteiger partial charge is 0.417 e. The van der Waals surface area contributed by atoms with Crippen LogP contribution in [0.25, 0.3) is 0 Å². The van der Waals surface area contributed by atoms with E-state index in [0.29, 0.717) is 12.1 Å². The van der Waals surface area contributed by atoms with Crippen LogP contribution in [0.15, 0.2) is 18.2 Å². The van der Waals surface area contributed by atoms with Crippen LogP contribution in [-0.2, 0) is 12.4 Å². The van der Waals surface area contributed by atoms with Crippen molar-refractivity contribution in [2.75, 3.05) is 5.33 Å². The summed E-state index contributed by atoms with van der Waals surface area (Å²) in [5.74, 6) is -0.942. The predicted molar refractivity (Wildman–Crippen MR) is 67.3 cm³/mol. The summed E-state index contributed by atoms with van der Waals surface area (Å²) in [5.41, 5.74) is -3.85. The predicted octanol–water partition coefficient (Wildman–Crippen LogP) is 5.07. The van der Waals surface area contributed by atoms with E-state index in [9.17, 15) is 31.1 Å². The Labute approximate surface area is 126 Å². The van der Waals surface area contributed by atoms with Crippen molar-refractivity contribution in [3.63, 3.8) is 0 Å². The number of hydrogen-bond acceptors (Lipinski definition) is 1. The summed E-state index contributed by atoms with van der Waals surface area (Å²) in [4.78, 5) is 10.8. The number of halogens is 8. The van der Waals surface area contributed by atoms with Crippen molar-refractivity contribution in [3.05, 3.63) is 34.9 Å². The molecule has 0 aliphatic carbocycles. The van der Waals surface area contributed by atoms with E-state index in [1.165, 1.54) is 0 Å². The van der Waals surface area contributed by atoms with Crippen molar-refractivity contribution in [2.24, 2.45) is 0 Å². The zero-order valence-electron chi connectivity index (χ0n) is 9.45. The van der Waals surface area contributed by atoms with E-state index in [2.05, 4.69) is 31.9 Å². The highest BCUT2D eigenvalue weighted by atomic mass is 79.9. The summed E-state index contributed by atoms with van der Waals surface area (Å²) >= 11 is 5.76. The summed E-state index contributed by atoms with van der Waals surface area (Å²) in [6, 6.07) is 0.947. The van der Waals surface area contributed by atoms with Gasteiger partial charge in [0.2, 0.25) is 0 Å². The molecule has 1 rings (SSSR count). The fraction of sp³-hybridized carbons (Fsp3) is 0.364. The summed E-state index contributed by atoms with van der Waals surface area (Å²) in [6.45, 7) is 0. The van der Waals surface area contributed by atoms with Gasteiger partial charge in [-0.25, -0.2) is 0 Å². The van der Waals surface area contributed by atoms with Crippen LogP contribution in [0.5, 0.6) is 0 Å². The molecule has 1 aromatic rings. The highest BCUT2D eigenvalue weighted by Gasteiger charge is 2.39. The molecular weight excluding hydrogens is 422 g/mol. The monoisotopic (exact) mass is 426 g/mol. The van der Waals surface area contributed by atoms with E-state index in [1.54, 1.807) is 0 Å². The molecule has 20 heavy (non-hydrogen) atoms. The van der Waals surface area contributed by atoms with E-state index in [0.717, 1.165) is 0 Å². The minimum atomic E-state index is -5.05. The lowest BCUT2D eigenvalue weighted by Crippen LogP contribution is -2.21. The number of hydrogen-bond donors (Lipinski definition) is 0. The first-order chi connectivity index (χ1) is 8.98. The molecule has 1 nitrogen and oxygen atoms in total. The summed E-state index contributed by atoms with van der Waals surface area (Å²) in [7, 11) is 0. The minimum absolute atomic E-state index is 0.0319. The molecule has 0 amide bonds. The molecule has 0 N–H and O–H groups in total. The Morgan fingerprint density at radius 2 is 1.65 bits per heavy atom. The van der Waals surface area contributed by atoms with Gasteiger partial charge in [-0.3, -0.25) is 4.79 Å². The van der Waals surface area contributed by atoms with Gasteiger partial charge in [0.25, 0.3) is 0 Å². The fourth-order valence-corrected chi connectivity index (χ4v) is 1.95. The first kappa shape index (κ1) is 17.5. The average Bonchev–Trinajstić information content (AvgIpc) is 2.34. The third-order valence-electron chi connectivity index (χ3n) is 2.34. The molecule has 0 spiro atoms. The first-order valence-electron chi connectivity index (χ1n) is 5.01. The number of ketones is 1. The molecule has 112 valence electrons. The summed E-state index contributed by atoms with van der Waals surface area (Å²) < 4.78 is 75.7. The lowest BCUT2D eigenvalue weighted by atomic mass is 9.98. The Morgan fingerprint density at radius 3 is 2.05 bits per heavy atom. The fourth-order valence-electron chi connectivity index (χ4n) is 1.41. The van der Waals surface area contributed by atoms with Gasteiger partial charge in [0, 0.05) is 10.9 Å². The number of Topliss-reactive ketones (excluding diaryl/α,β-unsaturated/α-hetero) is 1. The second kappa shape index (κ2) is 6.05. The maximum absolute atomic E-state index is 12.8. The Bertz CT molecular complexity index is 509. The van der Waals surface area contributed by atoms with Crippen LogP contribution >= 0.6 is 31.9 Å². The normalized spacial score (nSPS) is 14.2. The molecule has 0 aromatic heterocycles. The van der Waals surface area contributed by atoms with Crippen LogP contribution in [-0.4, -0.2) is 15.9 Å². The van der Waals surface area contributed by atoms with Crippen molar-refractivity contribution >= 4 is 37.6 Å². The number of benzene rings is 1. The third kappa shape index (κ3) is 3.97. The van der Waals surface area contributed by atoms with E-state index >= 15 is 0 Å². The van der Waals surface area contributed by atoms with Crippen molar-refractivity contribution in [3.8, 4) is 0 Å². The Hall–Kier alpha value is -0.570. The zero-order valence-corrected chi connectivity index (χ0v) is 12.6. The lowest BCUT2D eigenvalue weighted by molar-refractivity contribution is -0.143. The van der Waals surface area contributed by atoms with Crippen molar-refractivity contribution < 1.29 is 31.1 Å². The van der Waals surface area contributed by atoms with Crippen LogP contribution in [0.3, 0.4) is 0 Å². The van der Waals surface area contributed by atoms with Gasteiger partial charge in [0.05, 0.1) is 16.0 Å². The topological polar surface area (TPSA) is 17.1 Å². The van der Waals surface area contributed by atoms with Gasteiger partial charge in [-0.05, 0) is 12.1 Å². The van der Waals surface area contributed by atoms with Crippen LogP contribution in [0.4, 0.5) is 26.3 Å². The standard InChI is InChI=1S/C11H6Br2F6O/c12-4-8(13)9(20)6-2-1-5(10(14,15)16)3-7(6)11(17,18)19/h1-3,8H,4H2. The molecule has 0 heterocycles. The van der Waals surface area contributed by atoms with Crippen LogP contribution in [0.1, 0.15) is 21.5 Å². The minimum Gasteiger partial charge on any atom is -0.293 e. The Balaban J connectivity index is 3.43. The summed E-state index contributed by atoms with van der Waals surface area (Å²) in [5, 5.41) is 0.0319. The molecule has 0 bridgehead atoms. The second-order valence-electron chi connectivity index (χ2n) is 3.74. The van der Waals surface area contributed by atoms with Gasteiger partial charge in [-0.2, -0.15) is 26.3 Å². The number of alkyl halides is 8. The van der Waals surface area contributed by atoms with Crippen LogP contribution in [0.2, 0.25) is 0 Å². The molecule has 0 aliphatic heterocycles. The SMILES string of the molecule is O=C(c1ccc(C(F)(F)F)cc1C(F)(F)F)C(Br)CBr. The van der Waals surface area contributed by atoms with Gasteiger partial charge in [-0.15, -0.1) is 0 Å². The van der Waals surface area contributed by atoms with Crippen molar-refractivity contribution in [1.82, 2.24) is 0 Å². The molecule has 0 aliphatic rings. The van der Waals surface area contributed by atoms with Gasteiger partial charge >= 0.3 is 12.4 Å². The summed E-state index contributed by atoms with van der Waals surface area (Å²) in [6.07, 6.45) is -9.96. The van der Waals surface area contributed by atoms with E-state index in [1.807, 2.05) is 0 Å². The third-order valence-corrected chi connectivity index (χ3v) is 4.59. The quantitative estimate of drug-likeness (QED) is 0.374. The molecule has 0 fully saturated rings. The van der Waals surface area contributed by atoms with Gasteiger partial charge in [-0.1, -0.05) is 37.9 Å². The van der Waals surface area contributed by atoms with E-state index in [4.69, 9.17) is 0 Å². The number of carbonyl (C=O) groups excluding carboxylic acids is 1. The zero-order chi connectivity index (χ0) is 15.7. The molecule has 1 atom stereocenters. The smallest absolute Gasteiger partial charge is 0.293 e. The molecular formula is C11H6Br2F6O. The molecule has 0 saturated carbocycles. The van der Waals surface area contributed by atoms with E-state index < -0.39 is 39.7 Å². The highest BCUT2D eigenvalue weighted by Crippen LogP contribution is 2.38. The van der Waals surface area contributed by atoms with Gasteiger partial charge in [0.1, 0.15) is 0 Å². The van der Waals surface area contributed by atoms with Crippen molar-refractivity contribution in [2.45, 2.75) is 17.2 Å². The Kier molecular flexibility index (Phi) is 5.29. The highest BCUT2D eigenvalue weighted by molar-refractivity contribution is 9.12. The molecule has 1 unspecified atom stereocenters. The van der Waals surface area contributed by atoms with Crippen LogP contribution < -0.4 is 0 Å². The molecule has 9 heteroatoms. The molecule has 0 saturated heterocycles. The van der Waals surface area contributed by atoms with Crippen LogP contribution in [0, 0.1) is 0 Å². The van der Waals surface area contributed by atoms with E-state index in [-0.39, 0.29) is 11.4 Å². The maximum Gasteiger partial charge on any atom is 0.417 e. The molecule has 0 radical (unpaired) electrons. The maximum atomic E-state index is 12.8. The first-order valence-corrected chi connectivity index (χ1v) is 7.05. The second-order valence-corrected chi connectivity index (χ2v) is 5.49. The van der Waals surface area contributed by atoms with Gasteiger partial charge in [0.15, 0.2) is 5.78 Å². The average molecular weight is 428 g/mol. The van der Waals surface area contributed by atoms with Crippen molar-refractivity contribution in [1.29, 1.82) is 0 Å². The number of rotatable bonds is 3. The number of carbonyl (C=O) groups is 1. The Morgan fingerprint density at radius 1 is 1.10 bits per heavy atom.